The molecule has 1 amide bonds. The number of aromatic nitrogens is 4. The number of anilines is 1. The highest BCUT2D eigenvalue weighted by Crippen LogP contribution is 2.35. The standard InChI is InChI=1S/C31H31N7O5S/c32-30-28-29(23-13-15-26(16-14-23)43-25-11-5-2-6-12-25)36-38(31(28)34-21-33-30)24-10-7-17-37(19-24)27(39)20-42-44(40,41)35-18-22-8-3-1-4-9-22/h1-6,8-9,11-16,21,24,35H,7,10,17-20H2,(H2,32,33,34)/t24-/m1/s1. The minimum atomic E-state index is -4.12. The van der Waals surface area contributed by atoms with Crippen LogP contribution in [0.4, 0.5) is 5.82 Å². The normalized spacial score (nSPS) is 15.4. The molecule has 1 fully saturated rings. The average Bonchev–Trinajstić information content (AvgIpc) is 3.45. The van der Waals surface area contributed by atoms with Gasteiger partial charge in [-0.2, -0.15) is 18.2 Å². The van der Waals surface area contributed by atoms with Crippen molar-refractivity contribution in [2.75, 3.05) is 25.4 Å². The maximum absolute atomic E-state index is 13.0. The molecule has 3 heterocycles. The van der Waals surface area contributed by atoms with E-state index < -0.39 is 22.8 Å². The van der Waals surface area contributed by atoms with Crippen molar-refractivity contribution < 1.29 is 22.1 Å². The number of benzene rings is 3. The van der Waals surface area contributed by atoms with Crippen molar-refractivity contribution in [3.05, 3.63) is 96.8 Å². The number of hydrogen-bond acceptors (Lipinski definition) is 9. The molecule has 0 aliphatic carbocycles. The Labute approximate surface area is 254 Å². The topological polar surface area (TPSA) is 155 Å². The number of likely N-dealkylation sites (tertiary alicyclic amines) is 1. The van der Waals surface area contributed by atoms with Crippen molar-refractivity contribution in [2.24, 2.45) is 0 Å². The quantitative estimate of drug-likeness (QED) is 0.237. The molecule has 1 saturated heterocycles. The van der Waals surface area contributed by atoms with Crippen molar-refractivity contribution in [2.45, 2.75) is 25.4 Å². The molecule has 0 saturated carbocycles. The Balaban J connectivity index is 1.16. The van der Waals surface area contributed by atoms with Crippen LogP contribution < -0.4 is 15.2 Å². The monoisotopic (exact) mass is 613 g/mol. The Morgan fingerprint density at radius 1 is 0.955 bits per heavy atom. The molecule has 2 aromatic heterocycles. The first-order chi connectivity index (χ1) is 21.4. The zero-order valence-electron chi connectivity index (χ0n) is 23.7. The lowest BCUT2D eigenvalue weighted by Crippen LogP contribution is -2.43. The van der Waals surface area contributed by atoms with Crippen LogP contribution in [0.5, 0.6) is 11.5 Å². The summed E-state index contributed by atoms with van der Waals surface area (Å²) in [5.74, 6) is 1.27. The lowest BCUT2D eigenvalue weighted by molar-refractivity contribution is -0.135. The first-order valence-corrected chi connectivity index (χ1v) is 15.5. The van der Waals surface area contributed by atoms with Gasteiger partial charge in [-0.15, -0.1) is 0 Å². The second kappa shape index (κ2) is 12.8. The summed E-state index contributed by atoms with van der Waals surface area (Å²) >= 11 is 0. The van der Waals surface area contributed by atoms with Crippen molar-refractivity contribution in [1.82, 2.24) is 29.4 Å². The van der Waals surface area contributed by atoms with Gasteiger partial charge < -0.3 is 15.4 Å². The summed E-state index contributed by atoms with van der Waals surface area (Å²) < 4.78 is 39.8. The third kappa shape index (κ3) is 6.70. The number of rotatable bonds is 10. The largest absolute Gasteiger partial charge is 0.457 e. The number of hydrogen-bond donors (Lipinski definition) is 2. The highest BCUT2D eigenvalue weighted by Gasteiger charge is 2.29. The Hall–Kier alpha value is -4.85. The number of para-hydroxylation sites is 1. The van der Waals surface area contributed by atoms with Crippen LogP contribution in [0.1, 0.15) is 24.4 Å². The summed E-state index contributed by atoms with van der Waals surface area (Å²) in [6, 6.07) is 25.8. The molecule has 5 aromatic rings. The van der Waals surface area contributed by atoms with E-state index in [1.54, 1.807) is 21.7 Å². The number of amides is 1. The van der Waals surface area contributed by atoms with E-state index in [0.29, 0.717) is 47.8 Å². The zero-order chi connectivity index (χ0) is 30.5. The molecule has 226 valence electrons. The summed E-state index contributed by atoms with van der Waals surface area (Å²) in [5, 5.41) is 5.53. The fraction of sp³-hybridized carbons (Fsp3) is 0.226. The number of nitrogens with one attached hydrogen (secondary N) is 1. The lowest BCUT2D eigenvalue weighted by atomic mass is 10.1. The molecule has 0 radical (unpaired) electrons. The van der Waals surface area contributed by atoms with E-state index in [2.05, 4.69) is 14.7 Å². The van der Waals surface area contributed by atoms with Gasteiger partial charge in [0, 0.05) is 25.2 Å². The molecule has 1 aliphatic rings. The van der Waals surface area contributed by atoms with Crippen LogP contribution in [0.25, 0.3) is 22.3 Å². The predicted octanol–water partition coefficient (Wildman–Crippen LogP) is 4.08. The Bertz CT molecular complexity index is 1850. The summed E-state index contributed by atoms with van der Waals surface area (Å²) in [4.78, 5) is 23.3. The van der Waals surface area contributed by atoms with Gasteiger partial charge >= 0.3 is 10.3 Å². The van der Waals surface area contributed by atoms with Gasteiger partial charge in [0.2, 0.25) is 5.91 Å². The van der Waals surface area contributed by atoms with Crippen molar-refractivity contribution in [3.63, 3.8) is 0 Å². The van der Waals surface area contributed by atoms with E-state index in [4.69, 9.17) is 19.8 Å². The van der Waals surface area contributed by atoms with Crippen LogP contribution in [0.3, 0.4) is 0 Å². The number of carbonyl (C=O) groups excluding carboxylic acids is 1. The van der Waals surface area contributed by atoms with Gasteiger partial charge in [-0.05, 0) is 54.8 Å². The fourth-order valence-corrected chi connectivity index (χ4v) is 5.85. The third-order valence-corrected chi connectivity index (χ3v) is 8.28. The highest BCUT2D eigenvalue weighted by atomic mass is 32.2. The molecule has 1 atom stereocenters. The first kappa shape index (κ1) is 29.2. The summed E-state index contributed by atoms with van der Waals surface area (Å²) in [5.41, 5.74) is 9.07. The number of nitrogens with two attached hydrogens (primary N) is 1. The number of nitrogens with zero attached hydrogens (tertiary/aromatic N) is 5. The fourth-order valence-electron chi connectivity index (χ4n) is 5.17. The van der Waals surface area contributed by atoms with E-state index in [1.165, 1.54) is 6.33 Å². The second-order valence-corrected chi connectivity index (χ2v) is 11.8. The maximum atomic E-state index is 13.0. The van der Waals surface area contributed by atoms with E-state index in [9.17, 15) is 13.2 Å². The van der Waals surface area contributed by atoms with Gasteiger partial charge in [0.25, 0.3) is 0 Å². The van der Waals surface area contributed by atoms with Crippen LogP contribution in [0.15, 0.2) is 91.3 Å². The molecular formula is C31H31N7O5S. The molecular weight excluding hydrogens is 582 g/mol. The number of piperidine rings is 1. The molecule has 12 nitrogen and oxygen atoms in total. The lowest BCUT2D eigenvalue weighted by Gasteiger charge is -2.32. The Morgan fingerprint density at radius 2 is 1.66 bits per heavy atom. The molecule has 3 aromatic carbocycles. The van der Waals surface area contributed by atoms with Crippen LogP contribution in [0, 0.1) is 0 Å². The van der Waals surface area contributed by atoms with E-state index in [1.807, 2.05) is 72.8 Å². The van der Waals surface area contributed by atoms with Crippen LogP contribution in [-0.4, -0.2) is 58.7 Å². The predicted molar refractivity (Wildman–Crippen MR) is 165 cm³/mol. The Kier molecular flexibility index (Phi) is 8.50. The molecule has 1 aliphatic heterocycles. The van der Waals surface area contributed by atoms with Crippen molar-refractivity contribution in [1.29, 1.82) is 0 Å². The first-order valence-electron chi connectivity index (χ1n) is 14.1. The molecule has 3 N–H and O–H groups in total. The molecule has 6 rings (SSSR count). The van der Waals surface area contributed by atoms with Crippen LogP contribution in [0.2, 0.25) is 0 Å². The number of carbonyl (C=O) groups is 1. The van der Waals surface area contributed by atoms with Gasteiger partial charge in [0.15, 0.2) is 5.65 Å². The molecule has 0 bridgehead atoms. The van der Waals surface area contributed by atoms with Crippen LogP contribution in [-0.2, 0) is 25.8 Å². The van der Waals surface area contributed by atoms with Gasteiger partial charge in [0.1, 0.15) is 35.9 Å². The molecule has 13 heteroatoms. The maximum Gasteiger partial charge on any atom is 0.336 e. The van der Waals surface area contributed by atoms with Gasteiger partial charge in [-0.1, -0.05) is 48.5 Å². The number of nitrogen functional groups attached to an aromatic ring is 1. The second-order valence-electron chi connectivity index (χ2n) is 10.3. The summed E-state index contributed by atoms with van der Waals surface area (Å²) in [7, 11) is -4.12. The third-order valence-electron chi connectivity index (χ3n) is 7.35. The summed E-state index contributed by atoms with van der Waals surface area (Å²) in [6.45, 7) is 0.242. The molecule has 0 spiro atoms. The van der Waals surface area contributed by atoms with E-state index in [-0.39, 0.29) is 12.6 Å². The van der Waals surface area contributed by atoms with Gasteiger partial charge in [0.05, 0.1) is 11.4 Å². The number of fused-ring (bicyclic) bond motifs is 1. The zero-order valence-corrected chi connectivity index (χ0v) is 24.6. The minimum absolute atomic E-state index is 0.0611. The Morgan fingerprint density at radius 3 is 2.41 bits per heavy atom. The van der Waals surface area contributed by atoms with Crippen molar-refractivity contribution in [3.8, 4) is 22.8 Å². The van der Waals surface area contributed by atoms with E-state index >= 15 is 0 Å². The van der Waals surface area contributed by atoms with E-state index in [0.717, 1.165) is 23.3 Å². The highest BCUT2D eigenvalue weighted by molar-refractivity contribution is 7.84. The average molecular weight is 614 g/mol. The summed E-state index contributed by atoms with van der Waals surface area (Å²) in [6.07, 6.45) is 2.83. The molecule has 44 heavy (non-hydrogen) atoms. The SMILES string of the molecule is Nc1ncnc2c1c(-c1ccc(Oc3ccccc3)cc1)nn2[C@@H]1CCCN(C(=O)COS(=O)(=O)NCc2ccccc2)C1. The number of ether oxygens (including phenoxy) is 1. The molecule has 0 unspecified atom stereocenters. The van der Waals surface area contributed by atoms with Gasteiger partial charge in [-0.3, -0.25) is 4.79 Å². The van der Waals surface area contributed by atoms with Crippen LogP contribution >= 0.6 is 0 Å². The van der Waals surface area contributed by atoms with Crippen molar-refractivity contribution >= 4 is 33.1 Å². The van der Waals surface area contributed by atoms with Gasteiger partial charge in [-0.25, -0.2) is 18.8 Å². The smallest absolute Gasteiger partial charge is 0.336 e. The minimum Gasteiger partial charge on any atom is -0.457 e.